The van der Waals surface area contributed by atoms with E-state index in [2.05, 4.69) is 5.32 Å². The highest BCUT2D eigenvalue weighted by atomic mass is 32.2. The number of rotatable bonds is 5. The van der Waals surface area contributed by atoms with Crippen molar-refractivity contribution in [2.45, 2.75) is 38.8 Å². The number of carbonyl (C=O) groups is 1. The molecule has 0 aromatic heterocycles. The van der Waals surface area contributed by atoms with Gasteiger partial charge in [0.05, 0.1) is 6.04 Å². The quantitative estimate of drug-likeness (QED) is 0.637. The third-order valence-corrected chi connectivity index (χ3v) is 3.54. The lowest BCUT2D eigenvalue weighted by molar-refractivity contribution is 0.0501. The second-order valence-electron chi connectivity index (χ2n) is 6.74. The van der Waals surface area contributed by atoms with Gasteiger partial charge in [-0.2, -0.15) is 0 Å². The lowest BCUT2D eigenvalue weighted by Crippen LogP contribution is -2.41. The van der Waals surface area contributed by atoms with Crippen LogP contribution in [0.4, 0.5) is 4.79 Å². The molecule has 0 bridgehead atoms. The number of aliphatic hydroxyl groups is 1. The zero-order chi connectivity index (χ0) is 17.7. The van der Waals surface area contributed by atoms with E-state index in [1.54, 1.807) is 20.8 Å². The maximum Gasteiger partial charge on any atom is 0.408 e. The van der Waals surface area contributed by atoms with Crippen LogP contribution in [0.15, 0.2) is 41.5 Å². The number of ether oxygens (including phenoxy) is 1. The van der Waals surface area contributed by atoms with Gasteiger partial charge in [0, 0.05) is 6.42 Å². The predicted octanol–water partition coefficient (Wildman–Crippen LogP) is 3.28. The lowest BCUT2D eigenvalue weighted by atomic mass is 10.1. The molecule has 0 aliphatic carbocycles. The largest absolute Gasteiger partial charge is 0.506 e. The van der Waals surface area contributed by atoms with E-state index in [1.165, 1.54) is 17.9 Å². The van der Waals surface area contributed by atoms with E-state index in [0.717, 1.165) is 5.56 Å². The highest BCUT2D eigenvalue weighted by Gasteiger charge is 2.24. The molecule has 0 saturated carbocycles. The highest BCUT2D eigenvalue weighted by Crippen LogP contribution is 2.13. The Morgan fingerprint density at radius 3 is 2.35 bits per heavy atom. The Hall–Kier alpha value is -1.82. The number of hydrogen-bond acceptors (Lipinski definition) is 4. The summed E-state index contributed by atoms with van der Waals surface area (Å²) in [6.07, 6.45) is 2.79. The molecule has 0 aliphatic heterocycles. The molecule has 1 atom stereocenters. The molecule has 0 saturated heterocycles. The zero-order valence-corrected chi connectivity index (χ0v) is 15.1. The predicted molar refractivity (Wildman–Crippen MR) is 93.9 cm³/mol. The molecule has 1 unspecified atom stereocenters. The molecular weight excluding hydrogens is 314 g/mol. The van der Waals surface area contributed by atoms with E-state index < -0.39 is 27.7 Å². The molecule has 128 valence electrons. The molecule has 0 aliphatic rings. The van der Waals surface area contributed by atoms with Crippen LogP contribution in [0, 0.1) is 0 Å². The molecular formula is C17H26NO4S+. The fourth-order valence-electron chi connectivity index (χ4n) is 1.90. The van der Waals surface area contributed by atoms with Crippen molar-refractivity contribution in [3.05, 3.63) is 47.1 Å². The Morgan fingerprint density at radius 1 is 1.30 bits per heavy atom. The van der Waals surface area contributed by atoms with Crippen LogP contribution in [0.1, 0.15) is 26.3 Å². The van der Waals surface area contributed by atoms with Crippen molar-refractivity contribution in [2.24, 2.45) is 0 Å². The molecule has 0 heterocycles. The normalized spacial score (nSPS) is 14.2. The van der Waals surface area contributed by atoms with Gasteiger partial charge in [0.2, 0.25) is 0 Å². The first-order valence-electron chi connectivity index (χ1n) is 7.34. The number of hydrogen-bond donors (Lipinski definition) is 2. The first-order chi connectivity index (χ1) is 10.5. The topological polar surface area (TPSA) is 75.6 Å². The maximum atomic E-state index is 12.0. The SMILES string of the molecule is CC(C)(C)OC(=O)NC(Cc1ccccc1)C(O)=C[S+](C)(C)=O. The monoisotopic (exact) mass is 340 g/mol. The molecule has 1 aromatic carbocycles. The standard InChI is InChI=1S/C17H25NO4S/c1-17(2,3)22-16(20)18-14(15(19)12-23(4,5)21)11-13-9-7-6-8-10-13/h6-10,12,14H,11H2,1-5H3,(H-,18,19,20,21)/p+1. The van der Waals surface area contributed by atoms with Crippen LogP contribution in [0.3, 0.4) is 0 Å². The highest BCUT2D eigenvalue weighted by molar-refractivity contribution is 8.04. The van der Waals surface area contributed by atoms with Crippen LogP contribution >= 0.6 is 0 Å². The molecule has 2 N–H and O–H groups in total. The van der Waals surface area contributed by atoms with Crippen molar-refractivity contribution in [2.75, 3.05) is 12.5 Å². The molecule has 1 amide bonds. The summed E-state index contributed by atoms with van der Waals surface area (Å²) in [6, 6.07) is 8.74. The molecule has 6 heteroatoms. The van der Waals surface area contributed by atoms with Gasteiger partial charge in [-0.15, -0.1) is 4.21 Å². The molecule has 0 radical (unpaired) electrons. The molecule has 1 rings (SSSR count). The minimum Gasteiger partial charge on any atom is -0.506 e. The number of amides is 1. The van der Waals surface area contributed by atoms with Crippen LogP contribution < -0.4 is 5.32 Å². The van der Waals surface area contributed by atoms with Crippen molar-refractivity contribution in [1.82, 2.24) is 5.32 Å². The minimum absolute atomic E-state index is 0.130. The fourth-order valence-corrected chi connectivity index (χ4v) is 2.65. The Labute approximate surface area is 139 Å². The van der Waals surface area contributed by atoms with Gasteiger partial charge in [-0.3, -0.25) is 0 Å². The number of alkyl carbamates (subject to hydrolysis) is 1. The molecule has 0 fully saturated rings. The zero-order valence-electron chi connectivity index (χ0n) is 14.3. The average Bonchev–Trinajstić information content (AvgIpc) is 2.34. The van der Waals surface area contributed by atoms with Gasteiger partial charge in [-0.05, 0) is 26.3 Å². The van der Waals surface area contributed by atoms with Crippen molar-refractivity contribution < 1.29 is 18.8 Å². The third-order valence-electron chi connectivity index (χ3n) is 2.74. The van der Waals surface area contributed by atoms with E-state index >= 15 is 0 Å². The second kappa shape index (κ2) is 7.64. The number of nitrogens with one attached hydrogen (secondary N) is 1. The van der Waals surface area contributed by atoms with Gasteiger partial charge in [0.15, 0.2) is 11.2 Å². The van der Waals surface area contributed by atoms with Crippen molar-refractivity contribution in [1.29, 1.82) is 0 Å². The fraction of sp³-hybridized carbons (Fsp3) is 0.471. The van der Waals surface area contributed by atoms with E-state index in [1.807, 2.05) is 30.3 Å². The van der Waals surface area contributed by atoms with Gasteiger partial charge < -0.3 is 15.2 Å². The van der Waals surface area contributed by atoms with Gasteiger partial charge >= 0.3 is 6.09 Å². The number of carbonyl (C=O) groups excluding carboxylic acids is 1. The smallest absolute Gasteiger partial charge is 0.408 e. The second-order valence-corrected chi connectivity index (χ2v) is 9.59. The van der Waals surface area contributed by atoms with E-state index in [4.69, 9.17) is 4.74 Å². The Balaban J connectivity index is 2.95. The van der Waals surface area contributed by atoms with Crippen molar-refractivity contribution >= 4 is 16.0 Å². The Kier molecular flexibility index (Phi) is 6.38. The average molecular weight is 340 g/mol. The van der Waals surface area contributed by atoms with Crippen LogP contribution in [-0.4, -0.2) is 35.4 Å². The maximum absolute atomic E-state index is 12.0. The van der Waals surface area contributed by atoms with E-state index in [9.17, 15) is 14.1 Å². The lowest BCUT2D eigenvalue weighted by Gasteiger charge is -2.23. The third kappa shape index (κ3) is 8.40. The number of benzene rings is 1. The Bertz CT molecular complexity index is 599. The van der Waals surface area contributed by atoms with Crippen molar-refractivity contribution in [3.63, 3.8) is 0 Å². The molecule has 1 aromatic rings. The summed E-state index contributed by atoms with van der Waals surface area (Å²) in [5.74, 6) is -0.130. The first-order valence-corrected chi connectivity index (χ1v) is 9.78. The summed E-state index contributed by atoms with van der Waals surface area (Å²) in [5.41, 5.74) is 0.302. The van der Waals surface area contributed by atoms with E-state index in [0.29, 0.717) is 6.42 Å². The summed E-state index contributed by atoms with van der Waals surface area (Å²) >= 11 is 0. The van der Waals surface area contributed by atoms with Gasteiger partial charge in [-0.25, -0.2) is 4.79 Å². The van der Waals surface area contributed by atoms with Gasteiger partial charge in [-0.1, -0.05) is 30.3 Å². The first kappa shape index (κ1) is 19.2. The molecule has 23 heavy (non-hydrogen) atoms. The van der Waals surface area contributed by atoms with Gasteiger partial charge in [0.25, 0.3) is 0 Å². The minimum atomic E-state index is -2.29. The molecule has 5 nitrogen and oxygen atoms in total. The molecule has 0 spiro atoms. The van der Waals surface area contributed by atoms with Crippen LogP contribution in [-0.2, 0) is 25.3 Å². The van der Waals surface area contributed by atoms with Crippen molar-refractivity contribution in [3.8, 4) is 0 Å². The Morgan fingerprint density at radius 2 is 1.87 bits per heavy atom. The number of aliphatic hydroxyl groups excluding tert-OH is 1. The van der Waals surface area contributed by atoms with Crippen LogP contribution in [0.25, 0.3) is 0 Å². The summed E-state index contributed by atoms with van der Waals surface area (Å²) in [6.45, 7) is 5.29. The summed E-state index contributed by atoms with van der Waals surface area (Å²) in [4.78, 5) is 12.0. The summed E-state index contributed by atoms with van der Waals surface area (Å²) in [7, 11) is -2.29. The van der Waals surface area contributed by atoms with Gasteiger partial charge in [0.1, 0.15) is 28.0 Å². The van der Waals surface area contributed by atoms with E-state index in [-0.39, 0.29) is 5.76 Å². The van der Waals surface area contributed by atoms with Crippen LogP contribution in [0.2, 0.25) is 0 Å². The van der Waals surface area contributed by atoms with Crippen LogP contribution in [0.5, 0.6) is 0 Å². The summed E-state index contributed by atoms with van der Waals surface area (Å²) < 4.78 is 17.1. The summed E-state index contributed by atoms with van der Waals surface area (Å²) in [5, 5.41) is 14.2.